The molecule has 0 radical (unpaired) electrons. The number of nitrogens with zero attached hydrogens (tertiary/aromatic N) is 1. The molecule has 0 aliphatic carbocycles. The van der Waals surface area contributed by atoms with E-state index in [-0.39, 0.29) is 0 Å². The summed E-state index contributed by atoms with van der Waals surface area (Å²) in [6.07, 6.45) is 4.14. The number of carbonyl (C=O) groups excluding carboxylic acids is 1. The lowest BCUT2D eigenvalue weighted by atomic mass is 10.6. The van der Waals surface area contributed by atoms with Gasteiger partial charge < -0.3 is 9.45 Å². The molecule has 68 valence electrons. The van der Waals surface area contributed by atoms with E-state index in [1.165, 1.54) is 0 Å². The average Bonchev–Trinajstić information content (AvgIpc) is 1.90. The van der Waals surface area contributed by atoms with Crippen molar-refractivity contribution < 1.29 is 9.35 Å². The molecular formula is C7H17NO2S. The summed E-state index contributed by atoms with van der Waals surface area (Å²) in [6, 6.07) is 0. The maximum Gasteiger partial charge on any atom is 0.209 e. The first-order chi connectivity index (χ1) is 5.08. The maximum absolute atomic E-state index is 9.89. The van der Waals surface area contributed by atoms with Gasteiger partial charge in [-0.05, 0) is 13.8 Å². The fraction of sp³-hybridized carbons (Fsp3) is 0.857. The Bertz CT molecular complexity index is 81.8. The molecule has 11 heavy (non-hydrogen) atoms. The monoisotopic (exact) mass is 179 g/mol. The van der Waals surface area contributed by atoms with E-state index >= 15 is 0 Å². The second kappa shape index (κ2) is 9.78. The van der Waals surface area contributed by atoms with Crippen molar-refractivity contribution in [2.45, 2.75) is 13.8 Å². The molecule has 0 saturated heterocycles. The third kappa shape index (κ3) is 17.7. The number of hydrogen-bond donors (Lipinski definition) is 0. The number of amides is 1. The van der Waals surface area contributed by atoms with Gasteiger partial charge in [-0.15, -0.1) is 0 Å². The first-order valence-corrected chi connectivity index (χ1v) is 5.49. The van der Waals surface area contributed by atoms with Gasteiger partial charge in [-0.2, -0.15) is 0 Å². The van der Waals surface area contributed by atoms with E-state index < -0.39 is 11.2 Å². The van der Waals surface area contributed by atoms with E-state index in [2.05, 4.69) is 0 Å². The summed E-state index contributed by atoms with van der Waals surface area (Å²) in [5.74, 6) is 0. The minimum atomic E-state index is -0.611. The normalized spacial score (nSPS) is 8.55. The van der Waals surface area contributed by atoms with Crippen molar-refractivity contribution in [2.24, 2.45) is 0 Å². The Morgan fingerprint density at radius 1 is 1.36 bits per heavy atom. The first kappa shape index (κ1) is 13.4. The van der Waals surface area contributed by atoms with Crippen LogP contribution in [-0.2, 0) is 16.0 Å². The van der Waals surface area contributed by atoms with Crippen LogP contribution >= 0.6 is 0 Å². The van der Waals surface area contributed by atoms with Gasteiger partial charge in [0.25, 0.3) is 0 Å². The highest BCUT2D eigenvalue weighted by molar-refractivity contribution is 7.89. The zero-order valence-electron chi connectivity index (χ0n) is 7.66. The second-order valence-electron chi connectivity index (χ2n) is 2.07. The maximum atomic E-state index is 9.89. The molecule has 0 aromatic rings. The van der Waals surface area contributed by atoms with Gasteiger partial charge in [0, 0.05) is 13.1 Å². The molecule has 0 rings (SSSR count). The molecule has 0 aromatic heterocycles. The van der Waals surface area contributed by atoms with E-state index in [9.17, 15) is 9.35 Å². The zero-order valence-corrected chi connectivity index (χ0v) is 8.48. The molecule has 0 unspecified atom stereocenters. The lowest BCUT2D eigenvalue weighted by molar-refractivity contribution is -0.117. The van der Waals surface area contributed by atoms with Gasteiger partial charge in [-0.25, -0.2) is 0 Å². The third-order valence-electron chi connectivity index (χ3n) is 0.961. The van der Waals surface area contributed by atoms with Crippen molar-refractivity contribution in [3.8, 4) is 0 Å². The van der Waals surface area contributed by atoms with Gasteiger partial charge in [-0.3, -0.25) is 4.79 Å². The second-order valence-corrected chi connectivity index (χ2v) is 3.55. The van der Waals surface area contributed by atoms with Crippen LogP contribution in [0.2, 0.25) is 0 Å². The smallest absolute Gasteiger partial charge is 0.209 e. The van der Waals surface area contributed by atoms with Crippen LogP contribution in [0.3, 0.4) is 0 Å². The van der Waals surface area contributed by atoms with Crippen LogP contribution in [0.1, 0.15) is 13.8 Å². The Morgan fingerprint density at radius 3 is 1.64 bits per heavy atom. The predicted octanol–water partition coefficient (Wildman–Crippen LogP) is 0.479. The summed E-state index contributed by atoms with van der Waals surface area (Å²) < 4.78 is 9.56. The lowest BCUT2D eigenvalue weighted by Crippen LogP contribution is -2.19. The highest BCUT2D eigenvalue weighted by Crippen LogP contribution is 1.75. The number of carbonyl (C=O) groups is 1. The molecule has 0 atom stereocenters. The Labute approximate surface area is 72.0 Å². The molecule has 0 bridgehead atoms. The van der Waals surface area contributed by atoms with Gasteiger partial charge in [0.2, 0.25) is 6.41 Å². The molecule has 0 spiro atoms. The summed E-state index contributed by atoms with van der Waals surface area (Å²) in [4.78, 5) is 11.6. The summed E-state index contributed by atoms with van der Waals surface area (Å²) in [5.41, 5.74) is 0. The summed E-state index contributed by atoms with van der Waals surface area (Å²) in [6.45, 7) is 5.55. The molecule has 0 aliphatic rings. The van der Waals surface area contributed by atoms with Crippen LogP contribution in [0.15, 0.2) is 0 Å². The van der Waals surface area contributed by atoms with E-state index in [0.717, 1.165) is 19.5 Å². The standard InChI is InChI=1S/C5H11NO.C2H6OS/c1-3-6(4-2)5-7;1-4(2)3/h5H,3-4H2,1-2H3;1-2H3. The van der Waals surface area contributed by atoms with Crippen LogP contribution in [0, 0.1) is 0 Å². The van der Waals surface area contributed by atoms with Crippen molar-refractivity contribution in [3.05, 3.63) is 0 Å². The Hall–Kier alpha value is -0.220. The van der Waals surface area contributed by atoms with E-state index in [1.54, 1.807) is 17.4 Å². The Morgan fingerprint density at radius 2 is 1.64 bits per heavy atom. The fourth-order valence-corrected chi connectivity index (χ4v) is 0.373. The van der Waals surface area contributed by atoms with Gasteiger partial charge in [-0.1, -0.05) is 11.2 Å². The summed E-state index contributed by atoms with van der Waals surface area (Å²) >= 11 is -0.611. The topological polar surface area (TPSA) is 43.4 Å². The Balaban J connectivity index is 0. The van der Waals surface area contributed by atoms with Crippen LogP contribution in [-0.4, -0.2) is 41.5 Å². The quantitative estimate of drug-likeness (QED) is 0.467. The predicted molar refractivity (Wildman–Crippen MR) is 49.0 cm³/mol. The summed E-state index contributed by atoms with van der Waals surface area (Å²) in [7, 11) is 0. The largest absolute Gasteiger partial charge is 0.617 e. The first-order valence-electron chi connectivity index (χ1n) is 3.52. The SMILES string of the molecule is CCN(C=O)CC.C[S+](C)[O-]. The molecule has 3 nitrogen and oxygen atoms in total. The summed E-state index contributed by atoms with van der Waals surface area (Å²) in [5, 5.41) is 0. The van der Waals surface area contributed by atoms with Crippen LogP contribution in [0.25, 0.3) is 0 Å². The fourth-order valence-electron chi connectivity index (χ4n) is 0.373. The number of rotatable bonds is 3. The molecule has 1 amide bonds. The van der Waals surface area contributed by atoms with E-state index in [4.69, 9.17) is 0 Å². The highest BCUT2D eigenvalue weighted by atomic mass is 32.2. The molecule has 0 heterocycles. The number of hydrogen-bond acceptors (Lipinski definition) is 2. The van der Waals surface area contributed by atoms with Crippen LogP contribution in [0.4, 0.5) is 0 Å². The molecule has 4 heteroatoms. The Kier molecular flexibility index (Phi) is 11.9. The molecule has 0 aromatic carbocycles. The van der Waals surface area contributed by atoms with Crippen molar-refractivity contribution in [1.82, 2.24) is 4.90 Å². The minimum absolute atomic E-state index is 0.611. The molecule has 0 N–H and O–H groups in total. The average molecular weight is 179 g/mol. The highest BCUT2D eigenvalue weighted by Gasteiger charge is 1.87. The van der Waals surface area contributed by atoms with Gasteiger partial charge in [0.15, 0.2) is 0 Å². The van der Waals surface area contributed by atoms with Crippen LogP contribution in [0.5, 0.6) is 0 Å². The van der Waals surface area contributed by atoms with Crippen molar-refractivity contribution >= 4 is 17.6 Å². The van der Waals surface area contributed by atoms with Gasteiger partial charge in [0.1, 0.15) is 0 Å². The van der Waals surface area contributed by atoms with Gasteiger partial charge in [0.05, 0.1) is 12.5 Å². The molecular weight excluding hydrogens is 162 g/mol. The molecule has 0 fully saturated rings. The minimum Gasteiger partial charge on any atom is -0.617 e. The van der Waals surface area contributed by atoms with E-state index in [1.807, 2.05) is 13.8 Å². The van der Waals surface area contributed by atoms with E-state index in [0.29, 0.717) is 0 Å². The molecule has 0 saturated carbocycles. The zero-order chi connectivity index (χ0) is 9.28. The van der Waals surface area contributed by atoms with Crippen molar-refractivity contribution in [1.29, 1.82) is 0 Å². The van der Waals surface area contributed by atoms with Crippen molar-refractivity contribution in [2.75, 3.05) is 25.6 Å². The van der Waals surface area contributed by atoms with Crippen LogP contribution < -0.4 is 0 Å². The third-order valence-corrected chi connectivity index (χ3v) is 0.961. The van der Waals surface area contributed by atoms with Crippen molar-refractivity contribution in [3.63, 3.8) is 0 Å². The molecule has 0 aliphatic heterocycles. The lowest BCUT2D eigenvalue weighted by Gasteiger charge is -2.08. The van der Waals surface area contributed by atoms with Gasteiger partial charge >= 0.3 is 0 Å².